The Hall–Kier alpha value is -2.04. The van der Waals surface area contributed by atoms with Gasteiger partial charge in [0.15, 0.2) is 0 Å². The number of carbonyl (C=O) groups is 2. The molecule has 0 aliphatic heterocycles. The van der Waals surface area contributed by atoms with Gasteiger partial charge in [-0.15, -0.1) is 0 Å². The maximum absolute atomic E-state index is 12.0. The van der Waals surface area contributed by atoms with E-state index in [9.17, 15) is 9.59 Å². The monoisotopic (exact) mass is 320 g/mol. The molecule has 0 aliphatic carbocycles. The van der Waals surface area contributed by atoms with Crippen LogP contribution in [0.2, 0.25) is 0 Å². The van der Waals surface area contributed by atoms with Gasteiger partial charge in [0, 0.05) is 19.9 Å². The Kier molecular flexibility index (Phi) is 8.80. The molecule has 0 atom stereocenters. The van der Waals surface area contributed by atoms with Crippen LogP contribution < -0.4 is 15.4 Å². The highest BCUT2D eigenvalue weighted by Crippen LogP contribution is 2.24. The summed E-state index contributed by atoms with van der Waals surface area (Å²) in [5.41, 5.74) is 0.719. The van der Waals surface area contributed by atoms with Crippen LogP contribution in [-0.2, 0) is 9.59 Å². The summed E-state index contributed by atoms with van der Waals surface area (Å²) in [6.45, 7) is 6.97. The van der Waals surface area contributed by atoms with Crippen molar-refractivity contribution in [2.24, 2.45) is 5.92 Å². The minimum atomic E-state index is -0.0132. The number of amides is 2. The lowest BCUT2D eigenvalue weighted by molar-refractivity contribution is -0.119. The third-order valence-electron chi connectivity index (χ3n) is 3.19. The highest BCUT2D eigenvalue weighted by Gasteiger charge is 2.08. The second-order valence-corrected chi connectivity index (χ2v) is 6.04. The molecule has 0 aromatic heterocycles. The van der Waals surface area contributed by atoms with Crippen LogP contribution in [0.3, 0.4) is 0 Å². The van der Waals surface area contributed by atoms with Crippen LogP contribution in [0.15, 0.2) is 24.3 Å². The van der Waals surface area contributed by atoms with Crippen LogP contribution in [0.5, 0.6) is 5.75 Å². The average Bonchev–Trinajstić information content (AvgIpc) is 2.49. The minimum absolute atomic E-state index is 0.00914. The van der Waals surface area contributed by atoms with E-state index in [1.165, 1.54) is 6.92 Å². The molecule has 0 heterocycles. The fourth-order valence-electron chi connectivity index (χ4n) is 2.02. The van der Waals surface area contributed by atoms with Gasteiger partial charge in [0.2, 0.25) is 11.8 Å². The van der Waals surface area contributed by atoms with Crippen molar-refractivity contribution >= 4 is 17.5 Å². The first-order valence-electron chi connectivity index (χ1n) is 8.25. The van der Waals surface area contributed by atoms with E-state index in [4.69, 9.17) is 4.74 Å². The van der Waals surface area contributed by atoms with Crippen molar-refractivity contribution in [1.29, 1.82) is 0 Å². The van der Waals surface area contributed by atoms with Gasteiger partial charge in [0.25, 0.3) is 0 Å². The van der Waals surface area contributed by atoms with E-state index in [0.29, 0.717) is 31.2 Å². The molecule has 23 heavy (non-hydrogen) atoms. The van der Waals surface area contributed by atoms with E-state index in [-0.39, 0.29) is 11.8 Å². The van der Waals surface area contributed by atoms with E-state index in [1.807, 2.05) is 24.3 Å². The number of carbonyl (C=O) groups excluding carboxylic acids is 2. The number of para-hydroxylation sites is 2. The lowest BCUT2D eigenvalue weighted by Gasteiger charge is -2.13. The summed E-state index contributed by atoms with van der Waals surface area (Å²) in [5, 5.41) is 5.66. The lowest BCUT2D eigenvalue weighted by atomic mass is 10.2. The molecule has 5 nitrogen and oxygen atoms in total. The number of anilines is 1. The summed E-state index contributed by atoms with van der Waals surface area (Å²) in [6.07, 6.45) is 3.08. The maximum atomic E-state index is 12.0. The summed E-state index contributed by atoms with van der Waals surface area (Å²) >= 11 is 0. The molecule has 5 heteroatoms. The number of hydrogen-bond donors (Lipinski definition) is 2. The molecule has 1 rings (SSSR count). The highest BCUT2D eigenvalue weighted by molar-refractivity contribution is 5.92. The third-order valence-corrected chi connectivity index (χ3v) is 3.19. The molecule has 1 aromatic rings. The Morgan fingerprint density at radius 3 is 2.57 bits per heavy atom. The molecule has 1 aromatic carbocycles. The molecule has 0 fully saturated rings. The van der Waals surface area contributed by atoms with Gasteiger partial charge in [-0.2, -0.15) is 0 Å². The fourth-order valence-corrected chi connectivity index (χ4v) is 2.02. The van der Waals surface area contributed by atoms with Crippen molar-refractivity contribution in [1.82, 2.24) is 5.32 Å². The Bertz CT molecular complexity index is 501. The van der Waals surface area contributed by atoms with E-state index in [2.05, 4.69) is 24.5 Å². The third kappa shape index (κ3) is 8.86. The molecule has 128 valence electrons. The van der Waals surface area contributed by atoms with Gasteiger partial charge in [-0.25, -0.2) is 0 Å². The van der Waals surface area contributed by atoms with E-state index >= 15 is 0 Å². The van der Waals surface area contributed by atoms with Crippen molar-refractivity contribution in [2.75, 3.05) is 18.5 Å². The first kappa shape index (κ1) is 19.0. The van der Waals surface area contributed by atoms with Gasteiger partial charge in [-0.05, 0) is 30.9 Å². The standard InChI is InChI=1S/C18H28N2O3/c1-14(2)13-23-17-10-7-6-9-16(17)20-18(22)11-5-4-8-12-19-15(3)21/h6-7,9-10,14H,4-5,8,11-13H2,1-3H3,(H,19,21)(H,20,22). The molecule has 0 bridgehead atoms. The van der Waals surface area contributed by atoms with Crippen molar-refractivity contribution in [3.05, 3.63) is 24.3 Å². The van der Waals surface area contributed by atoms with Gasteiger partial charge >= 0.3 is 0 Å². The molecule has 0 aliphatic rings. The second kappa shape index (κ2) is 10.6. The Morgan fingerprint density at radius 2 is 1.87 bits per heavy atom. The molecule has 0 radical (unpaired) electrons. The molecular formula is C18H28N2O3. The first-order chi connectivity index (χ1) is 11.0. The molecule has 0 saturated carbocycles. The zero-order valence-electron chi connectivity index (χ0n) is 14.4. The van der Waals surface area contributed by atoms with Crippen molar-refractivity contribution in [2.45, 2.75) is 46.5 Å². The van der Waals surface area contributed by atoms with Crippen LogP contribution in [-0.4, -0.2) is 25.0 Å². The van der Waals surface area contributed by atoms with Gasteiger partial charge in [0.05, 0.1) is 12.3 Å². The smallest absolute Gasteiger partial charge is 0.224 e. The summed E-state index contributed by atoms with van der Waals surface area (Å²) in [4.78, 5) is 22.7. The number of rotatable bonds is 10. The Morgan fingerprint density at radius 1 is 1.13 bits per heavy atom. The molecule has 0 spiro atoms. The number of hydrogen-bond acceptors (Lipinski definition) is 3. The Labute approximate surface area is 138 Å². The topological polar surface area (TPSA) is 67.4 Å². The molecule has 2 N–H and O–H groups in total. The van der Waals surface area contributed by atoms with Crippen molar-refractivity contribution in [3.8, 4) is 5.75 Å². The minimum Gasteiger partial charge on any atom is -0.491 e. The predicted octanol–water partition coefficient (Wildman–Crippen LogP) is 3.36. The average molecular weight is 320 g/mol. The molecule has 2 amide bonds. The number of unbranched alkanes of at least 4 members (excludes halogenated alkanes) is 2. The zero-order chi connectivity index (χ0) is 17.1. The van der Waals surface area contributed by atoms with Crippen LogP contribution in [0.25, 0.3) is 0 Å². The van der Waals surface area contributed by atoms with Crippen molar-refractivity contribution < 1.29 is 14.3 Å². The summed E-state index contributed by atoms with van der Waals surface area (Å²) in [5.74, 6) is 1.12. The normalized spacial score (nSPS) is 10.4. The Balaban J connectivity index is 2.32. The summed E-state index contributed by atoms with van der Waals surface area (Å²) in [7, 11) is 0. The summed E-state index contributed by atoms with van der Waals surface area (Å²) in [6, 6.07) is 7.49. The van der Waals surface area contributed by atoms with E-state index < -0.39 is 0 Å². The number of ether oxygens (including phenoxy) is 1. The zero-order valence-corrected chi connectivity index (χ0v) is 14.4. The van der Waals surface area contributed by atoms with Crippen molar-refractivity contribution in [3.63, 3.8) is 0 Å². The quantitative estimate of drug-likeness (QED) is 0.650. The number of nitrogens with one attached hydrogen (secondary N) is 2. The lowest BCUT2D eigenvalue weighted by Crippen LogP contribution is -2.20. The molecule has 0 unspecified atom stereocenters. The highest BCUT2D eigenvalue weighted by atomic mass is 16.5. The second-order valence-electron chi connectivity index (χ2n) is 6.04. The van der Waals surface area contributed by atoms with Gasteiger partial charge in [-0.3, -0.25) is 9.59 Å². The van der Waals surface area contributed by atoms with Crippen LogP contribution >= 0.6 is 0 Å². The van der Waals surface area contributed by atoms with Gasteiger partial charge in [0.1, 0.15) is 5.75 Å². The fraction of sp³-hybridized carbons (Fsp3) is 0.556. The van der Waals surface area contributed by atoms with Gasteiger partial charge in [-0.1, -0.05) is 32.4 Å². The van der Waals surface area contributed by atoms with Crippen LogP contribution in [0.4, 0.5) is 5.69 Å². The SMILES string of the molecule is CC(=O)NCCCCCC(=O)Nc1ccccc1OCC(C)C. The van der Waals surface area contributed by atoms with Crippen LogP contribution in [0.1, 0.15) is 46.5 Å². The van der Waals surface area contributed by atoms with Crippen LogP contribution in [0, 0.1) is 5.92 Å². The largest absolute Gasteiger partial charge is 0.491 e. The predicted molar refractivity (Wildman–Crippen MR) is 92.6 cm³/mol. The maximum Gasteiger partial charge on any atom is 0.224 e. The molecule has 0 saturated heterocycles. The molecular weight excluding hydrogens is 292 g/mol. The number of benzene rings is 1. The summed E-state index contributed by atoms with van der Waals surface area (Å²) < 4.78 is 5.72. The van der Waals surface area contributed by atoms with E-state index in [1.54, 1.807) is 0 Å². The van der Waals surface area contributed by atoms with E-state index in [0.717, 1.165) is 24.9 Å². The first-order valence-corrected chi connectivity index (χ1v) is 8.25. The van der Waals surface area contributed by atoms with Gasteiger partial charge < -0.3 is 15.4 Å².